The van der Waals surface area contributed by atoms with Gasteiger partial charge in [-0.2, -0.15) is 9.97 Å². The molecule has 0 aliphatic carbocycles. The molecule has 0 N–H and O–H groups in total. The van der Waals surface area contributed by atoms with Gasteiger partial charge in [0.05, 0.1) is 16.4 Å². The first-order valence-corrected chi connectivity index (χ1v) is 7.40. The number of hydrogen-bond acceptors (Lipinski definition) is 7. The Kier molecular flexibility index (Phi) is 4.48. The first-order chi connectivity index (χ1) is 11.9. The lowest BCUT2D eigenvalue weighted by Gasteiger charge is -2.08. The number of esters is 1. The molecule has 3 aromatic rings. The van der Waals surface area contributed by atoms with Crippen LogP contribution in [0.4, 0.5) is 5.69 Å². The number of fused-ring (bicyclic) bond motifs is 1. The number of nitrogens with zero attached hydrogens (tertiary/aromatic N) is 4. The van der Waals surface area contributed by atoms with E-state index in [0.29, 0.717) is 11.0 Å². The van der Waals surface area contributed by atoms with Gasteiger partial charge in [-0.05, 0) is 23.7 Å². The molecule has 9 nitrogen and oxygen atoms in total. The summed E-state index contributed by atoms with van der Waals surface area (Å²) < 4.78 is 12.1. The largest absolute Gasteiger partial charge is 0.444 e. The Labute approximate surface area is 145 Å². The summed E-state index contributed by atoms with van der Waals surface area (Å²) in [5.74, 6) is -0.0647. The first kappa shape index (κ1) is 16.7. The van der Waals surface area contributed by atoms with E-state index in [9.17, 15) is 14.9 Å². The van der Waals surface area contributed by atoms with Gasteiger partial charge in [0, 0.05) is 19.2 Å². The van der Waals surface area contributed by atoms with Gasteiger partial charge in [-0.25, -0.2) is 0 Å². The number of nitro groups is 1. The van der Waals surface area contributed by atoms with E-state index in [1.807, 2.05) is 0 Å². The van der Waals surface area contributed by atoms with Crippen molar-refractivity contribution in [1.82, 2.24) is 14.5 Å². The van der Waals surface area contributed by atoms with Crippen molar-refractivity contribution in [3.63, 3.8) is 0 Å². The highest BCUT2D eigenvalue weighted by molar-refractivity contribution is 6.28. The third kappa shape index (κ3) is 3.66. The maximum atomic E-state index is 11.0. The third-order valence-electron chi connectivity index (χ3n) is 3.21. The lowest BCUT2D eigenvalue weighted by atomic mass is 10.3. The third-order valence-corrected chi connectivity index (χ3v) is 3.38. The number of ether oxygens (including phenoxy) is 2. The van der Waals surface area contributed by atoms with Gasteiger partial charge in [-0.3, -0.25) is 19.5 Å². The van der Waals surface area contributed by atoms with E-state index in [1.165, 1.54) is 25.1 Å². The van der Waals surface area contributed by atoms with Gasteiger partial charge in [-0.15, -0.1) is 0 Å². The van der Waals surface area contributed by atoms with Crippen molar-refractivity contribution in [2.24, 2.45) is 0 Å². The minimum absolute atomic E-state index is 0.0393. The molecule has 0 aliphatic rings. The molecule has 0 saturated heterocycles. The first-order valence-electron chi connectivity index (χ1n) is 7.02. The van der Waals surface area contributed by atoms with Crippen LogP contribution >= 0.6 is 11.6 Å². The normalized spacial score (nSPS) is 10.6. The molecular weight excluding hydrogens is 352 g/mol. The SMILES string of the molecule is CC(=O)OCn1ccc2c(Oc3cccc([N+](=O)[O-])c3)nc(Cl)nc21. The number of aromatic nitrogens is 3. The Morgan fingerprint density at radius 3 is 2.88 bits per heavy atom. The molecule has 0 amide bonds. The number of benzene rings is 1. The monoisotopic (exact) mass is 362 g/mol. The second kappa shape index (κ2) is 6.73. The number of carbonyl (C=O) groups is 1. The zero-order chi connectivity index (χ0) is 18.0. The van der Waals surface area contributed by atoms with Gasteiger partial charge in [0.25, 0.3) is 5.69 Å². The zero-order valence-corrected chi connectivity index (χ0v) is 13.6. The highest BCUT2D eigenvalue weighted by atomic mass is 35.5. The van der Waals surface area contributed by atoms with Crippen LogP contribution in [-0.2, 0) is 16.3 Å². The van der Waals surface area contributed by atoms with Gasteiger partial charge in [-0.1, -0.05) is 6.07 Å². The fraction of sp³-hybridized carbons (Fsp3) is 0.133. The van der Waals surface area contributed by atoms with Crippen LogP contribution in [0.2, 0.25) is 5.28 Å². The quantitative estimate of drug-likeness (QED) is 0.296. The van der Waals surface area contributed by atoms with Gasteiger partial charge in [0.1, 0.15) is 5.75 Å². The van der Waals surface area contributed by atoms with Crippen LogP contribution in [-0.4, -0.2) is 25.4 Å². The Hall–Kier alpha value is -3.20. The van der Waals surface area contributed by atoms with Crippen LogP contribution in [0.15, 0.2) is 36.5 Å². The van der Waals surface area contributed by atoms with E-state index < -0.39 is 10.9 Å². The van der Waals surface area contributed by atoms with Crippen LogP contribution in [0.1, 0.15) is 6.92 Å². The minimum Gasteiger partial charge on any atom is -0.444 e. The lowest BCUT2D eigenvalue weighted by Crippen LogP contribution is -2.06. The molecule has 0 atom stereocenters. The number of nitro benzene ring substituents is 1. The fourth-order valence-corrected chi connectivity index (χ4v) is 2.28. The van der Waals surface area contributed by atoms with E-state index in [2.05, 4.69) is 9.97 Å². The van der Waals surface area contributed by atoms with Crippen molar-refractivity contribution in [3.8, 4) is 11.6 Å². The summed E-state index contributed by atoms with van der Waals surface area (Å²) >= 11 is 5.93. The van der Waals surface area contributed by atoms with Gasteiger partial charge >= 0.3 is 5.97 Å². The van der Waals surface area contributed by atoms with Crippen molar-refractivity contribution in [2.45, 2.75) is 13.7 Å². The number of rotatable bonds is 5. The number of non-ortho nitro benzene ring substituents is 1. The second-order valence-corrected chi connectivity index (χ2v) is 5.28. The van der Waals surface area contributed by atoms with Crippen LogP contribution in [0, 0.1) is 10.1 Å². The highest BCUT2D eigenvalue weighted by Crippen LogP contribution is 2.30. The summed E-state index contributed by atoms with van der Waals surface area (Å²) in [4.78, 5) is 29.4. The summed E-state index contributed by atoms with van der Waals surface area (Å²) in [6.45, 7) is 1.26. The minimum atomic E-state index is -0.523. The molecule has 128 valence electrons. The van der Waals surface area contributed by atoms with Crippen molar-refractivity contribution in [1.29, 1.82) is 0 Å². The summed E-state index contributed by atoms with van der Waals surface area (Å²) in [5.41, 5.74) is 0.294. The summed E-state index contributed by atoms with van der Waals surface area (Å²) in [6.07, 6.45) is 1.64. The lowest BCUT2D eigenvalue weighted by molar-refractivity contribution is -0.384. The fourth-order valence-electron chi connectivity index (χ4n) is 2.13. The van der Waals surface area contributed by atoms with E-state index in [-0.39, 0.29) is 29.3 Å². The smallest absolute Gasteiger partial charge is 0.304 e. The molecule has 3 rings (SSSR count). The standard InChI is InChI=1S/C15H11ClN4O5/c1-9(21)24-8-19-6-5-12-13(19)17-15(16)18-14(12)25-11-4-2-3-10(7-11)20(22)23/h2-7H,8H2,1H3. The number of hydrogen-bond donors (Lipinski definition) is 0. The van der Waals surface area contributed by atoms with Crippen LogP contribution < -0.4 is 4.74 Å². The topological polar surface area (TPSA) is 109 Å². The Balaban J connectivity index is 1.97. The van der Waals surface area contributed by atoms with Crippen molar-refractivity contribution in [3.05, 3.63) is 51.9 Å². The van der Waals surface area contributed by atoms with E-state index >= 15 is 0 Å². The maximum absolute atomic E-state index is 11.0. The molecule has 0 saturated carbocycles. The van der Waals surface area contributed by atoms with Gasteiger partial charge in [0.2, 0.25) is 11.2 Å². The Morgan fingerprint density at radius 1 is 1.36 bits per heavy atom. The summed E-state index contributed by atoms with van der Waals surface area (Å²) in [7, 11) is 0. The van der Waals surface area contributed by atoms with Crippen LogP contribution in [0.25, 0.3) is 11.0 Å². The summed E-state index contributed by atoms with van der Waals surface area (Å²) in [5, 5.41) is 11.3. The van der Waals surface area contributed by atoms with Crippen LogP contribution in [0.3, 0.4) is 0 Å². The predicted octanol–water partition coefficient (Wildman–Crippen LogP) is 3.31. The molecule has 2 heterocycles. The number of carbonyl (C=O) groups excluding carboxylic acids is 1. The summed E-state index contributed by atoms with van der Waals surface area (Å²) in [6, 6.07) is 7.36. The molecule has 25 heavy (non-hydrogen) atoms. The molecular formula is C15H11ClN4O5. The molecule has 0 spiro atoms. The maximum Gasteiger partial charge on any atom is 0.304 e. The van der Waals surface area contributed by atoms with E-state index in [1.54, 1.807) is 22.9 Å². The average molecular weight is 363 g/mol. The van der Waals surface area contributed by atoms with Gasteiger partial charge < -0.3 is 9.47 Å². The molecule has 0 unspecified atom stereocenters. The Bertz CT molecular complexity index is 972. The second-order valence-electron chi connectivity index (χ2n) is 4.94. The van der Waals surface area contributed by atoms with Crippen molar-refractivity contribution in [2.75, 3.05) is 0 Å². The zero-order valence-electron chi connectivity index (χ0n) is 12.9. The molecule has 0 aliphatic heterocycles. The molecule has 0 fully saturated rings. The molecule has 10 heteroatoms. The molecule has 2 aromatic heterocycles. The number of halogens is 1. The van der Waals surface area contributed by atoms with E-state index in [4.69, 9.17) is 21.1 Å². The molecule has 0 radical (unpaired) electrons. The van der Waals surface area contributed by atoms with Crippen molar-refractivity contribution >= 4 is 34.3 Å². The predicted molar refractivity (Wildman–Crippen MR) is 87.5 cm³/mol. The highest BCUT2D eigenvalue weighted by Gasteiger charge is 2.15. The van der Waals surface area contributed by atoms with Crippen LogP contribution in [0.5, 0.6) is 11.6 Å². The molecule has 0 bridgehead atoms. The van der Waals surface area contributed by atoms with E-state index in [0.717, 1.165) is 0 Å². The average Bonchev–Trinajstić information content (AvgIpc) is 2.96. The van der Waals surface area contributed by atoms with Gasteiger partial charge in [0.15, 0.2) is 12.4 Å². The Morgan fingerprint density at radius 2 is 2.16 bits per heavy atom. The van der Waals surface area contributed by atoms with Crippen molar-refractivity contribution < 1.29 is 19.2 Å². The molecule has 1 aromatic carbocycles.